The molecule has 0 spiro atoms. The SMILES string of the molecule is FC(F)(F)C(F)(F)C(F)(F)C(F)(F)C(F)(F)C(F)(F)c1cc2c(s1)CSC2. The molecule has 0 fully saturated rings. The summed E-state index contributed by atoms with van der Waals surface area (Å²) in [5.74, 6) is -36.7. The highest BCUT2D eigenvalue weighted by atomic mass is 32.2. The Morgan fingerprint density at radius 2 is 1.11 bits per heavy atom. The molecule has 2 rings (SSSR count). The number of halogens is 13. The van der Waals surface area contributed by atoms with Crippen LogP contribution in [0.2, 0.25) is 0 Å². The van der Waals surface area contributed by atoms with E-state index in [1.54, 1.807) is 0 Å². The summed E-state index contributed by atoms with van der Waals surface area (Å²) in [6.45, 7) is 0. The van der Waals surface area contributed by atoms with E-state index in [-0.39, 0.29) is 33.3 Å². The first-order chi connectivity index (χ1) is 11.8. The molecule has 1 aliphatic heterocycles. The van der Waals surface area contributed by atoms with Crippen LogP contribution in [0, 0.1) is 0 Å². The lowest BCUT2D eigenvalue weighted by Gasteiger charge is -2.39. The standard InChI is InChI=1S/C12H5F13S2/c13-7(14,6-1-4-2-26-3-5(4)27-6)8(15,16)9(17,18)10(19,20)11(21,22)12(23,24)25/h1H,2-3H2. The van der Waals surface area contributed by atoms with Gasteiger partial charge in [-0.2, -0.15) is 68.8 Å². The van der Waals surface area contributed by atoms with Gasteiger partial charge in [-0.15, -0.1) is 11.3 Å². The molecule has 1 aromatic rings. The van der Waals surface area contributed by atoms with Crippen molar-refractivity contribution in [2.75, 3.05) is 0 Å². The highest BCUT2D eigenvalue weighted by Crippen LogP contribution is 2.62. The molecule has 0 nitrogen and oxygen atoms in total. The maximum Gasteiger partial charge on any atom is 0.460 e. The van der Waals surface area contributed by atoms with Gasteiger partial charge < -0.3 is 0 Å². The normalized spacial score (nSPS) is 17.4. The van der Waals surface area contributed by atoms with Crippen molar-refractivity contribution in [1.82, 2.24) is 0 Å². The average molecular weight is 460 g/mol. The summed E-state index contributed by atoms with van der Waals surface area (Å²) in [6, 6.07) is 0.310. The van der Waals surface area contributed by atoms with Crippen molar-refractivity contribution in [2.24, 2.45) is 0 Å². The molecule has 0 bridgehead atoms. The Bertz CT molecular complexity index is 694. The molecule has 0 radical (unpaired) electrons. The summed E-state index contributed by atoms with van der Waals surface area (Å²) in [6.07, 6.45) is -7.40. The van der Waals surface area contributed by atoms with Crippen molar-refractivity contribution < 1.29 is 57.1 Å². The second-order valence-corrected chi connectivity index (χ2v) is 7.54. The molecule has 156 valence electrons. The van der Waals surface area contributed by atoms with Gasteiger partial charge in [-0.25, -0.2) is 0 Å². The van der Waals surface area contributed by atoms with Gasteiger partial charge in [-0.3, -0.25) is 0 Å². The van der Waals surface area contributed by atoms with Crippen molar-refractivity contribution in [3.8, 4) is 0 Å². The summed E-state index contributed by atoms with van der Waals surface area (Å²) in [5.41, 5.74) is 0.0196. The topological polar surface area (TPSA) is 0 Å². The number of rotatable bonds is 5. The maximum atomic E-state index is 13.9. The second-order valence-electron chi connectivity index (χ2n) is 5.42. The van der Waals surface area contributed by atoms with E-state index in [0.717, 1.165) is 11.8 Å². The van der Waals surface area contributed by atoms with Crippen molar-refractivity contribution in [1.29, 1.82) is 0 Å². The lowest BCUT2D eigenvalue weighted by Crippen LogP contribution is -2.69. The first kappa shape index (κ1) is 22.4. The van der Waals surface area contributed by atoms with E-state index in [4.69, 9.17) is 0 Å². The smallest absolute Gasteiger partial charge is 0.193 e. The number of alkyl halides is 13. The van der Waals surface area contributed by atoms with Crippen LogP contribution in [0.15, 0.2) is 6.07 Å². The van der Waals surface area contributed by atoms with E-state index < -0.39 is 40.7 Å². The fraction of sp³-hybridized carbons (Fsp3) is 0.667. The summed E-state index contributed by atoms with van der Waals surface area (Å²) in [7, 11) is 0. The third-order valence-corrected chi connectivity index (χ3v) is 6.07. The van der Waals surface area contributed by atoms with Gasteiger partial charge in [-0.1, -0.05) is 0 Å². The minimum atomic E-state index is -7.86. The Morgan fingerprint density at radius 1 is 0.630 bits per heavy atom. The number of hydrogen-bond acceptors (Lipinski definition) is 2. The van der Waals surface area contributed by atoms with Crippen LogP contribution in [-0.2, 0) is 17.4 Å². The second kappa shape index (κ2) is 6.07. The fourth-order valence-electron chi connectivity index (χ4n) is 2.04. The molecule has 0 unspecified atom stereocenters. The number of hydrogen-bond donors (Lipinski definition) is 0. The molecular weight excluding hydrogens is 455 g/mol. The fourth-order valence-corrected chi connectivity index (χ4v) is 4.56. The van der Waals surface area contributed by atoms with E-state index >= 15 is 0 Å². The molecule has 0 N–H and O–H groups in total. The van der Waals surface area contributed by atoms with Crippen molar-refractivity contribution in [3.63, 3.8) is 0 Å². The van der Waals surface area contributed by atoms with Crippen LogP contribution in [0.1, 0.15) is 15.3 Å². The molecular formula is C12H5F13S2. The molecule has 0 saturated carbocycles. The summed E-state index contributed by atoms with van der Waals surface area (Å²) < 4.78 is 170. The molecule has 0 saturated heterocycles. The van der Waals surface area contributed by atoms with E-state index in [1.165, 1.54) is 0 Å². The Balaban J connectivity index is 2.54. The highest BCUT2D eigenvalue weighted by Gasteiger charge is 2.91. The molecule has 0 aromatic carbocycles. The van der Waals surface area contributed by atoms with E-state index in [2.05, 4.69) is 0 Å². The maximum absolute atomic E-state index is 13.9. The van der Waals surface area contributed by atoms with Crippen LogP contribution >= 0.6 is 23.1 Å². The van der Waals surface area contributed by atoms with E-state index in [9.17, 15) is 57.1 Å². The lowest BCUT2D eigenvalue weighted by molar-refractivity contribution is -0.441. The zero-order valence-corrected chi connectivity index (χ0v) is 13.9. The Morgan fingerprint density at radius 3 is 1.56 bits per heavy atom. The predicted molar refractivity (Wildman–Crippen MR) is 69.1 cm³/mol. The zero-order chi connectivity index (χ0) is 21.3. The third kappa shape index (κ3) is 2.90. The molecule has 15 heteroatoms. The quantitative estimate of drug-likeness (QED) is 0.442. The molecule has 2 heterocycles. The van der Waals surface area contributed by atoms with Gasteiger partial charge in [0.05, 0.1) is 4.88 Å². The van der Waals surface area contributed by atoms with Gasteiger partial charge in [0.25, 0.3) is 0 Å². The van der Waals surface area contributed by atoms with Gasteiger partial charge in [0.1, 0.15) is 0 Å². The molecule has 0 atom stereocenters. The highest BCUT2D eigenvalue weighted by molar-refractivity contribution is 7.98. The Labute approximate surface area is 149 Å². The number of thiophene rings is 1. The zero-order valence-electron chi connectivity index (χ0n) is 12.2. The Kier molecular flexibility index (Phi) is 5.04. The van der Waals surface area contributed by atoms with Crippen LogP contribution in [0.4, 0.5) is 57.1 Å². The van der Waals surface area contributed by atoms with E-state index in [0.29, 0.717) is 6.07 Å². The monoisotopic (exact) mass is 460 g/mol. The van der Waals surface area contributed by atoms with Crippen LogP contribution < -0.4 is 0 Å². The van der Waals surface area contributed by atoms with Crippen molar-refractivity contribution >= 4 is 23.1 Å². The van der Waals surface area contributed by atoms with Gasteiger partial charge >= 0.3 is 35.8 Å². The lowest BCUT2D eigenvalue weighted by atomic mass is 9.93. The van der Waals surface area contributed by atoms with Crippen LogP contribution in [0.25, 0.3) is 0 Å². The summed E-state index contributed by atoms with van der Waals surface area (Å²) in [4.78, 5) is -1.80. The molecule has 1 aromatic heterocycles. The summed E-state index contributed by atoms with van der Waals surface area (Å²) >= 11 is 0.995. The van der Waals surface area contributed by atoms with Gasteiger partial charge in [0.15, 0.2) is 0 Å². The molecule has 0 amide bonds. The van der Waals surface area contributed by atoms with E-state index in [1.807, 2.05) is 0 Å². The molecule has 0 aliphatic carbocycles. The van der Waals surface area contributed by atoms with Gasteiger partial charge in [0.2, 0.25) is 0 Å². The summed E-state index contributed by atoms with van der Waals surface area (Å²) in [5, 5.41) is 0. The van der Waals surface area contributed by atoms with Crippen LogP contribution in [0.3, 0.4) is 0 Å². The Hall–Kier alpha value is -0.860. The average Bonchev–Trinajstić information content (AvgIpc) is 3.06. The van der Waals surface area contributed by atoms with Crippen LogP contribution in [-0.4, -0.2) is 29.9 Å². The number of thioether (sulfide) groups is 1. The number of fused-ring (bicyclic) bond motifs is 1. The third-order valence-electron chi connectivity index (χ3n) is 3.63. The largest absolute Gasteiger partial charge is 0.460 e. The first-order valence-corrected chi connectivity index (χ1v) is 8.45. The first-order valence-electron chi connectivity index (χ1n) is 6.48. The van der Waals surface area contributed by atoms with Crippen molar-refractivity contribution in [3.05, 3.63) is 21.4 Å². The van der Waals surface area contributed by atoms with Gasteiger partial charge in [0, 0.05) is 16.4 Å². The van der Waals surface area contributed by atoms with Gasteiger partial charge in [-0.05, 0) is 11.6 Å². The minimum Gasteiger partial charge on any atom is -0.193 e. The molecule has 27 heavy (non-hydrogen) atoms. The molecule has 1 aliphatic rings. The minimum absolute atomic E-state index is 0.0196. The predicted octanol–water partition coefficient (Wildman–Crippen LogP) is 6.69. The van der Waals surface area contributed by atoms with Crippen molar-refractivity contribution in [2.45, 2.75) is 47.3 Å². The van der Waals surface area contributed by atoms with Crippen LogP contribution in [0.5, 0.6) is 0 Å².